The van der Waals surface area contributed by atoms with Crippen molar-refractivity contribution in [1.82, 2.24) is 0 Å². The molecule has 3 aliphatic rings. The average molecular weight is 665 g/mol. The lowest BCUT2D eigenvalue weighted by molar-refractivity contribution is -0.000243. The van der Waals surface area contributed by atoms with Crippen molar-refractivity contribution in [2.75, 3.05) is 48.0 Å². The normalized spacial score (nSPS) is 17.1. The van der Waals surface area contributed by atoms with Gasteiger partial charge in [-0.15, -0.1) is 11.3 Å². The van der Waals surface area contributed by atoms with Crippen LogP contribution in [0.1, 0.15) is 39.1 Å². The third-order valence-corrected chi connectivity index (χ3v) is 10.4. The van der Waals surface area contributed by atoms with Gasteiger partial charge >= 0.3 is 0 Å². The van der Waals surface area contributed by atoms with Crippen LogP contribution >= 0.6 is 27.3 Å². The zero-order valence-corrected chi connectivity index (χ0v) is 25.6. The van der Waals surface area contributed by atoms with Gasteiger partial charge in [-0.3, -0.25) is 9.59 Å². The molecule has 1 spiro atoms. The molecule has 2 amide bonds. The lowest BCUT2D eigenvalue weighted by Gasteiger charge is -2.53. The highest BCUT2D eigenvalue weighted by molar-refractivity contribution is 9.11. The predicted octanol–water partition coefficient (Wildman–Crippen LogP) is 7.53. The number of carbonyl (C=O) groups excluding carboxylic acids is 2. The third kappa shape index (κ3) is 5.15. The first-order chi connectivity index (χ1) is 20.8. The number of nitrogens with zero attached hydrogens (tertiary/aromatic N) is 2. The first kappa shape index (κ1) is 28.2. The van der Waals surface area contributed by atoms with Gasteiger partial charge in [0.05, 0.1) is 20.6 Å². The summed E-state index contributed by atoms with van der Waals surface area (Å²) in [6.45, 7) is 3.73. The molecule has 6 nitrogen and oxygen atoms in total. The van der Waals surface area contributed by atoms with E-state index in [-0.39, 0.29) is 22.8 Å². The monoisotopic (exact) mass is 663 g/mol. The van der Waals surface area contributed by atoms with Crippen molar-refractivity contribution in [1.29, 1.82) is 0 Å². The minimum Gasteiger partial charge on any atom is -0.381 e. The van der Waals surface area contributed by atoms with E-state index in [0.29, 0.717) is 40.3 Å². The smallest absolute Gasteiger partial charge is 0.258 e. The molecule has 0 bridgehead atoms. The van der Waals surface area contributed by atoms with Crippen LogP contribution in [0, 0.1) is 17.0 Å². The van der Waals surface area contributed by atoms with Crippen LogP contribution in [-0.2, 0) is 11.2 Å². The van der Waals surface area contributed by atoms with Crippen LogP contribution in [0.3, 0.4) is 0 Å². The molecule has 0 radical (unpaired) electrons. The van der Waals surface area contributed by atoms with Gasteiger partial charge < -0.3 is 19.9 Å². The van der Waals surface area contributed by atoms with Crippen LogP contribution in [-0.4, -0.2) is 44.7 Å². The molecule has 0 atom stereocenters. The van der Waals surface area contributed by atoms with Crippen LogP contribution in [0.2, 0.25) is 0 Å². The second kappa shape index (κ2) is 11.2. The summed E-state index contributed by atoms with van der Waals surface area (Å²) < 4.78 is 35.8. The zero-order valence-electron chi connectivity index (χ0n) is 23.2. The number of carbonyl (C=O) groups is 2. The van der Waals surface area contributed by atoms with Crippen LogP contribution in [0.25, 0.3) is 10.4 Å². The molecule has 2 saturated heterocycles. The summed E-state index contributed by atoms with van der Waals surface area (Å²) in [5.41, 5.74) is 4.01. The van der Waals surface area contributed by atoms with E-state index in [9.17, 15) is 14.0 Å². The molecular formula is C33H28BrF2N3O3S. The molecule has 220 valence electrons. The number of hydrogen-bond acceptors (Lipinski definition) is 5. The van der Waals surface area contributed by atoms with Gasteiger partial charge in [-0.2, -0.15) is 0 Å². The Bertz CT molecular complexity index is 1730. The van der Waals surface area contributed by atoms with E-state index in [1.165, 1.54) is 22.3 Å². The number of nitrogens with one attached hydrogen (secondary N) is 1. The van der Waals surface area contributed by atoms with Crippen molar-refractivity contribution in [3.63, 3.8) is 0 Å². The molecule has 0 saturated carbocycles. The quantitative estimate of drug-likeness (QED) is 0.245. The van der Waals surface area contributed by atoms with E-state index in [1.54, 1.807) is 24.3 Å². The van der Waals surface area contributed by atoms with E-state index in [2.05, 4.69) is 26.1 Å². The number of fused-ring (bicyclic) bond motifs is 3. The number of ether oxygens (including phenoxy) is 1. The number of halogens is 3. The summed E-state index contributed by atoms with van der Waals surface area (Å²) in [6, 6.07) is 18.7. The maximum Gasteiger partial charge on any atom is 0.258 e. The summed E-state index contributed by atoms with van der Waals surface area (Å²) in [7, 11) is 0. The number of benzene rings is 3. The van der Waals surface area contributed by atoms with E-state index in [4.69, 9.17) is 4.74 Å². The SMILES string of the molecule is O=C(Nc1ccc(C(=O)N2CCc3cc(Br)sc3-c3c2ccc(F)c3F)cc1)c1ccccc1N1CC2(CCOCC2)C1. The fraction of sp³-hybridized carbons (Fsp3) is 0.273. The summed E-state index contributed by atoms with van der Waals surface area (Å²) in [4.78, 5) is 31.4. The summed E-state index contributed by atoms with van der Waals surface area (Å²) in [5, 5.41) is 2.97. The third-order valence-electron chi connectivity index (χ3n) is 8.70. The summed E-state index contributed by atoms with van der Waals surface area (Å²) in [5.74, 6) is -2.47. The molecule has 7 rings (SSSR count). The molecule has 43 heavy (non-hydrogen) atoms. The minimum atomic E-state index is -0.965. The van der Waals surface area contributed by atoms with Crippen molar-refractivity contribution in [2.45, 2.75) is 19.3 Å². The Kier molecular flexibility index (Phi) is 7.31. The number of thiophene rings is 1. The fourth-order valence-electron chi connectivity index (χ4n) is 6.38. The molecule has 10 heteroatoms. The Labute approximate surface area is 260 Å². The molecule has 0 aliphatic carbocycles. The molecule has 3 aliphatic heterocycles. The van der Waals surface area contributed by atoms with Gasteiger partial charge in [-0.05, 0) is 95.4 Å². The average Bonchev–Trinajstić information content (AvgIpc) is 3.30. The van der Waals surface area contributed by atoms with Crippen molar-refractivity contribution in [3.05, 3.63) is 98.8 Å². The highest BCUT2D eigenvalue weighted by atomic mass is 79.9. The van der Waals surface area contributed by atoms with Crippen molar-refractivity contribution in [2.24, 2.45) is 5.41 Å². The number of rotatable bonds is 4. The Morgan fingerprint density at radius 3 is 2.47 bits per heavy atom. The van der Waals surface area contributed by atoms with E-state index >= 15 is 4.39 Å². The van der Waals surface area contributed by atoms with Gasteiger partial charge in [0.25, 0.3) is 11.8 Å². The summed E-state index contributed by atoms with van der Waals surface area (Å²) in [6.07, 6.45) is 2.59. The van der Waals surface area contributed by atoms with Crippen LogP contribution in [0.4, 0.5) is 25.8 Å². The number of para-hydroxylation sites is 1. The largest absolute Gasteiger partial charge is 0.381 e. The Morgan fingerprint density at radius 2 is 1.70 bits per heavy atom. The van der Waals surface area contributed by atoms with Gasteiger partial charge in [0.2, 0.25) is 0 Å². The first-order valence-corrected chi connectivity index (χ1v) is 15.8. The number of anilines is 3. The van der Waals surface area contributed by atoms with E-state index in [0.717, 1.165) is 60.2 Å². The molecule has 2 fully saturated rings. The first-order valence-electron chi connectivity index (χ1n) is 14.2. The Morgan fingerprint density at radius 1 is 0.953 bits per heavy atom. The van der Waals surface area contributed by atoms with Crippen molar-refractivity contribution in [3.8, 4) is 10.4 Å². The fourth-order valence-corrected chi connectivity index (χ4v) is 8.13. The molecule has 4 heterocycles. The molecule has 1 aromatic heterocycles. The van der Waals surface area contributed by atoms with Gasteiger partial charge in [0.1, 0.15) is 0 Å². The predicted molar refractivity (Wildman–Crippen MR) is 168 cm³/mol. The van der Waals surface area contributed by atoms with E-state index < -0.39 is 11.6 Å². The maximum atomic E-state index is 15.1. The molecule has 0 unspecified atom stereocenters. The summed E-state index contributed by atoms with van der Waals surface area (Å²) >= 11 is 4.77. The van der Waals surface area contributed by atoms with Gasteiger partial charge in [-0.1, -0.05) is 12.1 Å². The van der Waals surface area contributed by atoms with Gasteiger partial charge in [0, 0.05) is 60.1 Å². The molecule has 1 N–H and O–H groups in total. The van der Waals surface area contributed by atoms with Crippen LogP contribution < -0.4 is 15.1 Å². The lowest BCUT2D eigenvalue weighted by Crippen LogP contribution is -2.59. The lowest BCUT2D eigenvalue weighted by atomic mass is 9.73. The maximum absolute atomic E-state index is 15.1. The van der Waals surface area contributed by atoms with E-state index in [1.807, 2.05) is 30.3 Å². The molecule has 3 aromatic carbocycles. The highest BCUT2D eigenvalue weighted by Crippen LogP contribution is 2.45. The van der Waals surface area contributed by atoms with Gasteiger partial charge in [0.15, 0.2) is 11.6 Å². The van der Waals surface area contributed by atoms with Crippen LogP contribution in [0.15, 0.2) is 70.5 Å². The topological polar surface area (TPSA) is 61.9 Å². The van der Waals surface area contributed by atoms with Crippen LogP contribution in [0.5, 0.6) is 0 Å². The van der Waals surface area contributed by atoms with Crippen molar-refractivity contribution >= 4 is 56.1 Å². The number of amides is 2. The zero-order chi connectivity index (χ0) is 29.7. The second-order valence-electron chi connectivity index (χ2n) is 11.4. The second-order valence-corrected chi connectivity index (χ2v) is 13.8. The molecule has 4 aromatic rings. The highest BCUT2D eigenvalue weighted by Gasteiger charge is 2.44. The minimum absolute atomic E-state index is 0.101. The van der Waals surface area contributed by atoms with Gasteiger partial charge in [-0.25, -0.2) is 8.78 Å². The standard InChI is InChI=1S/C33H28BrF2N3O3S/c34-27-17-21-11-14-39(26-10-9-24(35)29(36)28(26)30(21)43-27)32(41)20-5-7-22(8-6-20)37-31(40)23-3-1-2-4-25(23)38-18-33(19-38)12-15-42-16-13-33/h1-10,17H,11-16,18-19H2,(H,37,40). The number of hydrogen-bond donors (Lipinski definition) is 1. The van der Waals surface area contributed by atoms with Crippen molar-refractivity contribution < 1.29 is 23.1 Å². The Hall–Kier alpha value is -3.60. The Balaban J connectivity index is 1.09. The molecular weight excluding hydrogens is 636 g/mol.